The maximum Gasteiger partial charge on any atom is 0.419 e. The number of aromatic nitrogens is 2. The van der Waals surface area contributed by atoms with Crippen molar-refractivity contribution in [2.45, 2.75) is 31.5 Å². The third-order valence-corrected chi connectivity index (χ3v) is 5.48. The SMILES string of the molecule is C[C@@H]1CC(F)(F)CN(C(=O)c2cc(Cl)ccc2N=NN=CN)C1CNc1ncc(C(F)(F)F)cn1. The van der Waals surface area contributed by atoms with Crippen LogP contribution >= 0.6 is 11.6 Å². The molecule has 15 heteroatoms. The summed E-state index contributed by atoms with van der Waals surface area (Å²) in [6, 6.07) is 3.30. The minimum absolute atomic E-state index is 0.0318. The van der Waals surface area contributed by atoms with Crippen LogP contribution in [0.25, 0.3) is 0 Å². The highest BCUT2D eigenvalue weighted by Crippen LogP contribution is 2.37. The molecule has 1 fully saturated rings. The summed E-state index contributed by atoms with van der Waals surface area (Å²) in [4.78, 5) is 21.6. The second-order valence-corrected chi connectivity index (χ2v) is 8.26. The molecule has 1 amide bonds. The summed E-state index contributed by atoms with van der Waals surface area (Å²) >= 11 is 6.02. The van der Waals surface area contributed by atoms with Crippen molar-refractivity contribution in [3.8, 4) is 0 Å². The highest BCUT2D eigenvalue weighted by atomic mass is 35.5. The Morgan fingerprint density at radius 1 is 1.34 bits per heavy atom. The van der Waals surface area contributed by atoms with Crippen molar-refractivity contribution in [2.75, 3.05) is 18.4 Å². The fraction of sp³-hybridized carbons (Fsp3) is 0.400. The summed E-state index contributed by atoms with van der Waals surface area (Å²) < 4.78 is 67.1. The second-order valence-electron chi connectivity index (χ2n) is 7.83. The van der Waals surface area contributed by atoms with Crippen LogP contribution in [-0.2, 0) is 6.18 Å². The minimum Gasteiger partial charge on any atom is -0.388 e. The van der Waals surface area contributed by atoms with Crippen molar-refractivity contribution >= 4 is 35.5 Å². The van der Waals surface area contributed by atoms with Gasteiger partial charge in [-0.3, -0.25) is 4.79 Å². The van der Waals surface area contributed by atoms with Crippen LogP contribution in [0.5, 0.6) is 0 Å². The zero-order valence-electron chi connectivity index (χ0n) is 18.2. The smallest absolute Gasteiger partial charge is 0.388 e. The Labute approximate surface area is 201 Å². The number of halogens is 6. The standard InChI is InChI=1S/C20H20ClF5N8O/c1-11-5-19(22,23)9-34(16(11)8-30-18-28-6-12(7-29-18)20(24,25)26)17(35)14-4-13(21)2-3-15(14)32-33-31-10-27/h2-4,6-7,10-11,16H,5,8-9H2,1H3,(H2,27,31,32)(H,28,29,30)/t11-,16?/m1/s1. The zero-order chi connectivity index (χ0) is 25.8. The van der Waals surface area contributed by atoms with Crippen LogP contribution < -0.4 is 11.1 Å². The van der Waals surface area contributed by atoms with Crippen molar-refractivity contribution in [2.24, 2.45) is 27.1 Å². The molecule has 2 heterocycles. The maximum atomic E-state index is 14.5. The molecule has 188 valence electrons. The number of hydrogen-bond donors (Lipinski definition) is 2. The molecule has 0 aliphatic carbocycles. The number of alkyl halides is 5. The average molecular weight is 519 g/mol. The monoisotopic (exact) mass is 518 g/mol. The molecule has 0 saturated carbocycles. The first-order valence-electron chi connectivity index (χ1n) is 10.2. The van der Waals surface area contributed by atoms with Crippen LogP contribution in [0.1, 0.15) is 29.3 Å². The van der Waals surface area contributed by atoms with Gasteiger partial charge >= 0.3 is 6.18 Å². The number of nitrogens with zero attached hydrogens (tertiary/aromatic N) is 6. The van der Waals surface area contributed by atoms with Crippen molar-refractivity contribution in [3.63, 3.8) is 0 Å². The van der Waals surface area contributed by atoms with E-state index in [2.05, 4.69) is 30.7 Å². The van der Waals surface area contributed by atoms with E-state index in [4.69, 9.17) is 17.3 Å². The Hall–Kier alpha value is -3.42. The van der Waals surface area contributed by atoms with Gasteiger partial charge in [-0.25, -0.2) is 18.7 Å². The van der Waals surface area contributed by atoms with Gasteiger partial charge in [-0.1, -0.05) is 18.5 Å². The number of piperidine rings is 1. The van der Waals surface area contributed by atoms with Crippen molar-refractivity contribution < 1.29 is 26.7 Å². The quantitative estimate of drug-likeness (QED) is 0.188. The van der Waals surface area contributed by atoms with Gasteiger partial charge in [0.2, 0.25) is 5.95 Å². The lowest BCUT2D eigenvalue weighted by Gasteiger charge is -2.43. The van der Waals surface area contributed by atoms with E-state index >= 15 is 0 Å². The largest absolute Gasteiger partial charge is 0.419 e. The lowest BCUT2D eigenvalue weighted by molar-refractivity contribution is -0.138. The van der Waals surface area contributed by atoms with Gasteiger partial charge in [0, 0.05) is 30.4 Å². The van der Waals surface area contributed by atoms with E-state index in [1.165, 1.54) is 18.2 Å². The molecular formula is C20H20ClF5N8O. The highest BCUT2D eigenvalue weighted by Gasteiger charge is 2.46. The van der Waals surface area contributed by atoms with Crippen LogP contribution in [0.2, 0.25) is 5.02 Å². The van der Waals surface area contributed by atoms with Crippen LogP contribution in [-0.4, -0.2) is 52.2 Å². The first-order valence-corrected chi connectivity index (χ1v) is 10.5. The van der Waals surface area contributed by atoms with Gasteiger partial charge in [0.25, 0.3) is 11.8 Å². The Bertz CT molecular complexity index is 1110. The number of carbonyl (C=O) groups excluding carboxylic acids is 1. The number of anilines is 1. The summed E-state index contributed by atoms with van der Waals surface area (Å²) in [6.45, 7) is 0.561. The number of amides is 1. The van der Waals surface area contributed by atoms with Crippen LogP contribution in [0.3, 0.4) is 0 Å². The first-order chi connectivity index (χ1) is 16.4. The van der Waals surface area contributed by atoms with Gasteiger partial charge in [0.15, 0.2) is 0 Å². The summed E-state index contributed by atoms with van der Waals surface area (Å²) in [5.41, 5.74) is 4.02. The minimum atomic E-state index is -4.60. The van der Waals surface area contributed by atoms with Gasteiger partial charge in [-0.05, 0) is 29.3 Å². The molecule has 1 aromatic heterocycles. The van der Waals surface area contributed by atoms with Gasteiger partial charge in [0.1, 0.15) is 12.0 Å². The molecule has 3 rings (SSSR count). The third kappa shape index (κ3) is 6.59. The van der Waals surface area contributed by atoms with E-state index in [1.807, 2.05) is 0 Å². The molecule has 3 N–H and O–H groups in total. The molecule has 1 aliphatic heterocycles. The van der Waals surface area contributed by atoms with E-state index in [9.17, 15) is 26.7 Å². The van der Waals surface area contributed by atoms with Gasteiger partial charge < -0.3 is 16.0 Å². The van der Waals surface area contributed by atoms with E-state index in [-0.39, 0.29) is 28.8 Å². The van der Waals surface area contributed by atoms with E-state index in [0.717, 1.165) is 11.2 Å². The Balaban J connectivity index is 1.88. The Kier molecular flexibility index (Phi) is 7.83. The molecule has 0 spiro atoms. The number of likely N-dealkylation sites (tertiary alicyclic amines) is 1. The molecule has 0 bridgehead atoms. The number of hydrogen-bond acceptors (Lipinski definition) is 6. The summed E-state index contributed by atoms with van der Waals surface area (Å²) in [7, 11) is 0. The molecule has 1 aliphatic rings. The first kappa shape index (κ1) is 26.2. The number of carbonyl (C=O) groups is 1. The van der Waals surface area contributed by atoms with Crippen LogP contribution in [0.15, 0.2) is 46.0 Å². The van der Waals surface area contributed by atoms with E-state index < -0.39 is 48.5 Å². The van der Waals surface area contributed by atoms with Crippen molar-refractivity contribution in [1.29, 1.82) is 0 Å². The molecule has 1 aromatic carbocycles. The number of nitrogens with one attached hydrogen (secondary N) is 1. The van der Waals surface area contributed by atoms with Gasteiger partial charge in [0.05, 0.1) is 23.7 Å². The average Bonchev–Trinajstić information content (AvgIpc) is 2.78. The summed E-state index contributed by atoms with van der Waals surface area (Å²) in [5.74, 6) is -4.78. The fourth-order valence-electron chi connectivity index (χ4n) is 3.67. The second kappa shape index (κ2) is 10.5. The Morgan fingerprint density at radius 2 is 2.03 bits per heavy atom. The van der Waals surface area contributed by atoms with Crippen LogP contribution in [0.4, 0.5) is 33.6 Å². The van der Waals surface area contributed by atoms with Gasteiger partial charge in [-0.2, -0.15) is 13.2 Å². The zero-order valence-corrected chi connectivity index (χ0v) is 18.9. The molecule has 35 heavy (non-hydrogen) atoms. The molecule has 9 nitrogen and oxygen atoms in total. The molecule has 2 aromatic rings. The van der Waals surface area contributed by atoms with E-state index in [0.29, 0.717) is 12.4 Å². The normalized spacial score (nSPS) is 20.5. The predicted molar refractivity (Wildman–Crippen MR) is 118 cm³/mol. The van der Waals surface area contributed by atoms with Crippen molar-refractivity contribution in [3.05, 3.63) is 46.7 Å². The van der Waals surface area contributed by atoms with Crippen molar-refractivity contribution in [1.82, 2.24) is 14.9 Å². The summed E-state index contributed by atoms with van der Waals surface area (Å²) in [6.07, 6.45) is -3.02. The molecule has 0 radical (unpaired) electrons. The lowest BCUT2D eigenvalue weighted by Crippen LogP contribution is -2.57. The Morgan fingerprint density at radius 3 is 2.66 bits per heavy atom. The maximum absolute atomic E-state index is 14.5. The lowest BCUT2D eigenvalue weighted by atomic mass is 9.87. The van der Waals surface area contributed by atoms with E-state index in [1.54, 1.807) is 6.92 Å². The highest BCUT2D eigenvalue weighted by molar-refractivity contribution is 6.31. The molecule has 1 unspecified atom stereocenters. The van der Waals surface area contributed by atoms with Gasteiger partial charge in [-0.15, -0.1) is 10.2 Å². The third-order valence-electron chi connectivity index (χ3n) is 5.25. The number of rotatable bonds is 6. The van der Waals surface area contributed by atoms with Crippen LogP contribution in [0, 0.1) is 5.92 Å². The predicted octanol–water partition coefficient (Wildman–Crippen LogP) is 4.73. The fourth-order valence-corrected chi connectivity index (χ4v) is 3.84. The molecule has 1 saturated heterocycles. The summed E-state index contributed by atoms with van der Waals surface area (Å²) in [5, 5.41) is 13.5. The molecular weight excluding hydrogens is 499 g/mol. The number of nitrogens with two attached hydrogens (primary N) is 1. The molecule has 2 atom stereocenters. The number of benzene rings is 1. The topological polar surface area (TPSA) is 121 Å².